The van der Waals surface area contributed by atoms with E-state index in [9.17, 15) is 4.79 Å². The number of nitrogen functional groups attached to an aromatic ring is 1. The van der Waals surface area contributed by atoms with E-state index in [1.165, 1.54) is 0 Å². The number of hydrogen-bond donors (Lipinski definition) is 3. The minimum atomic E-state index is -1.07. The first-order valence-electron chi connectivity index (χ1n) is 5.43. The summed E-state index contributed by atoms with van der Waals surface area (Å²) >= 11 is 1.73. The lowest BCUT2D eigenvalue weighted by Gasteiger charge is -2.01. The van der Waals surface area contributed by atoms with Gasteiger partial charge < -0.3 is 15.8 Å². The van der Waals surface area contributed by atoms with E-state index in [-0.39, 0.29) is 11.6 Å². The molecule has 0 fully saturated rings. The smallest absolute Gasteiger partial charge is 0.354 e. The SMILES string of the molecule is CCSc1ccc(-c2nc(N)[nH]c2C(=O)O)cc1. The number of benzene rings is 1. The molecule has 6 heteroatoms. The molecule has 0 saturated carbocycles. The fraction of sp³-hybridized carbons (Fsp3) is 0.167. The molecule has 2 rings (SSSR count). The summed E-state index contributed by atoms with van der Waals surface area (Å²) in [5.41, 5.74) is 6.62. The zero-order valence-corrected chi connectivity index (χ0v) is 10.6. The van der Waals surface area contributed by atoms with Crippen LogP contribution in [-0.2, 0) is 0 Å². The number of hydrogen-bond acceptors (Lipinski definition) is 4. The minimum absolute atomic E-state index is 0.0170. The molecule has 0 saturated heterocycles. The van der Waals surface area contributed by atoms with Crippen LogP contribution < -0.4 is 5.73 Å². The van der Waals surface area contributed by atoms with E-state index < -0.39 is 5.97 Å². The molecule has 0 atom stereocenters. The van der Waals surface area contributed by atoms with E-state index in [0.717, 1.165) is 16.2 Å². The molecular weight excluding hydrogens is 250 g/mol. The fourth-order valence-electron chi connectivity index (χ4n) is 1.63. The summed E-state index contributed by atoms with van der Waals surface area (Å²) in [6, 6.07) is 7.58. The van der Waals surface area contributed by atoms with Crippen molar-refractivity contribution in [2.45, 2.75) is 11.8 Å². The van der Waals surface area contributed by atoms with Gasteiger partial charge in [-0.2, -0.15) is 0 Å². The lowest BCUT2D eigenvalue weighted by Crippen LogP contribution is -1.99. The van der Waals surface area contributed by atoms with Gasteiger partial charge in [0.1, 0.15) is 5.69 Å². The number of rotatable bonds is 4. The molecule has 0 aliphatic carbocycles. The number of nitrogens with two attached hydrogens (primary N) is 1. The molecule has 1 aromatic heterocycles. The largest absolute Gasteiger partial charge is 0.477 e. The molecule has 0 unspecified atom stereocenters. The first kappa shape index (κ1) is 12.5. The predicted molar refractivity (Wildman–Crippen MR) is 71.8 cm³/mol. The van der Waals surface area contributed by atoms with Crippen LogP contribution in [0.2, 0.25) is 0 Å². The summed E-state index contributed by atoms with van der Waals surface area (Å²) in [4.78, 5) is 18.7. The van der Waals surface area contributed by atoms with E-state index in [1.807, 2.05) is 24.3 Å². The van der Waals surface area contributed by atoms with Gasteiger partial charge in [0.2, 0.25) is 0 Å². The molecule has 0 aliphatic heterocycles. The van der Waals surface area contributed by atoms with Gasteiger partial charge in [-0.25, -0.2) is 9.78 Å². The first-order valence-corrected chi connectivity index (χ1v) is 6.42. The van der Waals surface area contributed by atoms with Gasteiger partial charge in [0.05, 0.1) is 0 Å². The second kappa shape index (κ2) is 5.14. The topological polar surface area (TPSA) is 92.0 Å². The van der Waals surface area contributed by atoms with E-state index in [1.54, 1.807) is 11.8 Å². The quantitative estimate of drug-likeness (QED) is 0.737. The number of aromatic amines is 1. The van der Waals surface area contributed by atoms with E-state index in [0.29, 0.717) is 5.69 Å². The number of carboxylic acid groups (broad SMARTS) is 1. The Morgan fingerprint density at radius 1 is 1.44 bits per heavy atom. The number of H-pyrrole nitrogens is 1. The molecule has 0 radical (unpaired) electrons. The molecule has 0 aliphatic rings. The number of aromatic nitrogens is 2. The summed E-state index contributed by atoms with van der Waals surface area (Å²) < 4.78 is 0. The van der Waals surface area contributed by atoms with Crippen molar-refractivity contribution in [1.29, 1.82) is 0 Å². The zero-order valence-electron chi connectivity index (χ0n) is 9.80. The van der Waals surface area contributed by atoms with E-state index >= 15 is 0 Å². The number of carboxylic acids is 1. The van der Waals surface area contributed by atoms with Crippen LogP contribution in [-0.4, -0.2) is 26.8 Å². The van der Waals surface area contributed by atoms with E-state index in [4.69, 9.17) is 10.8 Å². The highest BCUT2D eigenvalue weighted by atomic mass is 32.2. The Hall–Kier alpha value is -1.95. The maximum Gasteiger partial charge on any atom is 0.354 e. The first-order chi connectivity index (χ1) is 8.61. The van der Waals surface area contributed by atoms with Crippen molar-refractivity contribution in [3.63, 3.8) is 0 Å². The Labute approximate surface area is 108 Å². The third kappa shape index (κ3) is 2.48. The van der Waals surface area contributed by atoms with Crippen LogP contribution in [0.5, 0.6) is 0 Å². The fourth-order valence-corrected chi connectivity index (χ4v) is 2.29. The van der Waals surface area contributed by atoms with Crippen LogP contribution >= 0.6 is 11.8 Å². The van der Waals surface area contributed by atoms with Crippen molar-refractivity contribution in [3.05, 3.63) is 30.0 Å². The summed E-state index contributed by atoms with van der Waals surface area (Å²) in [6.45, 7) is 2.08. The van der Waals surface area contributed by atoms with Crippen LogP contribution in [0.25, 0.3) is 11.3 Å². The number of aromatic carboxylic acids is 1. The lowest BCUT2D eigenvalue weighted by molar-refractivity contribution is 0.0692. The van der Waals surface area contributed by atoms with Gasteiger partial charge in [0, 0.05) is 10.5 Å². The lowest BCUT2D eigenvalue weighted by atomic mass is 10.1. The van der Waals surface area contributed by atoms with Crippen LogP contribution in [0.4, 0.5) is 5.95 Å². The zero-order chi connectivity index (χ0) is 13.1. The Morgan fingerprint density at radius 2 is 2.11 bits per heavy atom. The Balaban J connectivity index is 2.39. The second-order valence-electron chi connectivity index (χ2n) is 3.61. The van der Waals surface area contributed by atoms with Crippen LogP contribution in [0, 0.1) is 0 Å². The molecule has 0 bridgehead atoms. The molecular formula is C12H13N3O2S. The molecule has 18 heavy (non-hydrogen) atoms. The molecule has 0 amide bonds. The number of anilines is 1. The van der Waals surface area contributed by atoms with Crippen LogP contribution in [0.3, 0.4) is 0 Å². The van der Waals surface area contributed by atoms with Crippen molar-refractivity contribution in [1.82, 2.24) is 9.97 Å². The maximum absolute atomic E-state index is 11.0. The third-order valence-electron chi connectivity index (χ3n) is 2.37. The average molecular weight is 263 g/mol. The Kier molecular flexibility index (Phi) is 3.57. The van der Waals surface area contributed by atoms with Gasteiger partial charge >= 0.3 is 5.97 Å². The standard InChI is InChI=1S/C12H13N3O2S/c1-2-18-8-5-3-7(4-6-8)9-10(11(16)17)15-12(13)14-9/h3-6H,2H2,1H3,(H,16,17)(H3,13,14,15). The normalized spacial score (nSPS) is 10.5. The third-order valence-corrected chi connectivity index (χ3v) is 3.27. The highest BCUT2D eigenvalue weighted by molar-refractivity contribution is 7.99. The number of imidazole rings is 1. The van der Waals surface area contributed by atoms with Crippen LogP contribution in [0.15, 0.2) is 29.2 Å². The average Bonchev–Trinajstić information content (AvgIpc) is 2.73. The highest BCUT2D eigenvalue weighted by Gasteiger charge is 2.16. The molecule has 1 heterocycles. The molecule has 2 aromatic rings. The highest BCUT2D eigenvalue weighted by Crippen LogP contribution is 2.25. The van der Waals surface area contributed by atoms with E-state index in [2.05, 4.69) is 16.9 Å². The molecule has 1 aromatic carbocycles. The number of carbonyl (C=O) groups is 1. The minimum Gasteiger partial charge on any atom is -0.477 e. The number of thioether (sulfide) groups is 1. The Morgan fingerprint density at radius 3 is 2.67 bits per heavy atom. The van der Waals surface area contributed by atoms with Crippen LogP contribution in [0.1, 0.15) is 17.4 Å². The van der Waals surface area contributed by atoms with Gasteiger partial charge in [0.25, 0.3) is 0 Å². The summed E-state index contributed by atoms with van der Waals surface area (Å²) in [5, 5.41) is 9.05. The van der Waals surface area contributed by atoms with Gasteiger partial charge in [-0.05, 0) is 17.9 Å². The van der Waals surface area contributed by atoms with Gasteiger partial charge in [-0.15, -0.1) is 11.8 Å². The molecule has 5 nitrogen and oxygen atoms in total. The molecule has 94 valence electrons. The Bertz CT molecular complexity index is 563. The second-order valence-corrected chi connectivity index (χ2v) is 4.95. The van der Waals surface area contributed by atoms with Crippen molar-refractivity contribution < 1.29 is 9.90 Å². The molecule has 0 spiro atoms. The maximum atomic E-state index is 11.0. The summed E-state index contributed by atoms with van der Waals surface area (Å²) in [5.74, 6) is 0.0327. The summed E-state index contributed by atoms with van der Waals surface area (Å²) in [7, 11) is 0. The van der Waals surface area contributed by atoms with Crippen molar-refractivity contribution in [2.75, 3.05) is 11.5 Å². The predicted octanol–water partition coefficient (Wildman–Crippen LogP) is 2.47. The summed E-state index contributed by atoms with van der Waals surface area (Å²) in [6.07, 6.45) is 0. The van der Waals surface area contributed by atoms with Gasteiger partial charge in [-0.1, -0.05) is 19.1 Å². The number of nitrogens with one attached hydrogen (secondary N) is 1. The van der Waals surface area contributed by atoms with Crippen molar-refractivity contribution >= 4 is 23.7 Å². The number of nitrogens with zero attached hydrogens (tertiary/aromatic N) is 1. The monoisotopic (exact) mass is 263 g/mol. The van der Waals surface area contributed by atoms with Crippen molar-refractivity contribution in [2.24, 2.45) is 0 Å². The molecule has 4 N–H and O–H groups in total. The van der Waals surface area contributed by atoms with Gasteiger partial charge in [-0.3, -0.25) is 0 Å². The van der Waals surface area contributed by atoms with Crippen molar-refractivity contribution in [3.8, 4) is 11.3 Å². The van der Waals surface area contributed by atoms with Gasteiger partial charge in [0.15, 0.2) is 11.6 Å².